The predicted octanol–water partition coefficient (Wildman–Crippen LogP) is 2.41. The van der Waals surface area contributed by atoms with Gasteiger partial charge in [-0.3, -0.25) is 0 Å². The summed E-state index contributed by atoms with van der Waals surface area (Å²) in [6.45, 7) is 5.87. The van der Waals surface area contributed by atoms with E-state index in [0.29, 0.717) is 6.61 Å². The Kier molecular flexibility index (Phi) is 3.76. The van der Waals surface area contributed by atoms with Crippen molar-refractivity contribution in [2.75, 3.05) is 6.61 Å². The Morgan fingerprint density at radius 1 is 1.62 bits per heavy atom. The van der Waals surface area contributed by atoms with E-state index in [1.165, 1.54) is 0 Å². The van der Waals surface area contributed by atoms with Crippen LogP contribution in [-0.4, -0.2) is 12.3 Å². The molecule has 0 aliphatic heterocycles. The second-order valence-corrected chi connectivity index (χ2v) is 2.55. The Bertz CT molecular complexity index is 290. The van der Waals surface area contributed by atoms with Crippen LogP contribution in [0.25, 0.3) is 0 Å². The van der Waals surface area contributed by atoms with E-state index >= 15 is 0 Å². The van der Waals surface area contributed by atoms with Crippen molar-refractivity contribution in [1.29, 1.82) is 0 Å². The first-order valence-corrected chi connectivity index (χ1v) is 4.08. The minimum absolute atomic E-state index is 0.441. The summed E-state index contributed by atoms with van der Waals surface area (Å²) in [6.07, 6.45) is 1.66. The number of nitrogens with zero attached hydrogens (tertiary/aromatic N) is 1. The maximum Gasteiger partial charge on any atom is 0.135 e. The third kappa shape index (κ3) is 3.11. The average molecular weight is 174 g/mol. The molecule has 0 aromatic heterocycles. The number of oxime groups is 1. The fraction of sp³-hybridized carbons (Fsp3) is 0.182. The van der Waals surface area contributed by atoms with E-state index in [0.717, 1.165) is 11.3 Å². The van der Waals surface area contributed by atoms with Crippen molar-refractivity contribution in [3.05, 3.63) is 48.6 Å². The first-order valence-electron chi connectivity index (χ1n) is 4.08. The van der Waals surface area contributed by atoms with Gasteiger partial charge in [0.15, 0.2) is 0 Å². The van der Waals surface area contributed by atoms with E-state index in [1.807, 2.05) is 31.2 Å². The zero-order valence-corrected chi connectivity index (χ0v) is 7.66. The zero-order valence-electron chi connectivity index (χ0n) is 7.66. The Hall–Kier alpha value is -1.57. The highest BCUT2D eigenvalue weighted by Crippen LogP contribution is 2.00. The molecule has 0 aliphatic rings. The summed E-state index contributed by atoms with van der Waals surface area (Å²) in [5.41, 5.74) is 1.90. The molecule has 0 atom stereocenters. The first kappa shape index (κ1) is 9.52. The Morgan fingerprint density at radius 3 is 2.92 bits per heavy atom. The quantitative estimate of drug-likeness (QED) is 0.297. The van der Waals surface area contributed by atoms with E-state index in [9.17, 15) is 0 Å². The van der Waals surface area contributed by atoms with Gasteiger partial charge in [0.1, 0.15) is 6.61 Å². The SMILES string of the molecule is C=CCO/N=C(\C)c1cc[c]cc1. The molecule has 0 bridgehead atoms. The molecule has 67 valence electrons. The standard InChI is InChI=1S/C11H12NO/c1-3-9-13-12-10(2)11-7-5-4-6-8-11/h3,5-8H,1,9H2,2H3/b12-10+. The maximum atomic E-state index is 4.96. The molecule has 0 heterocycles. The molecule has 1 aromatic carbocycles. The number of benzene rings is 1. The van der Waals surface area contributed by atoms with Crippen molar-refractivity contribution in [2.24, 2.45) is 5.16 Å². The summed E-state index contributed by atoms with van der Waals surface area (Å²) in [5, 5.41) is 3.92. The highest BCUT2D eigenvalue weighted by atomic mass is 16.6. The van der Waals surface area contributed by atoms with E-state index in [4.69, 9.17) is 4.84 Å². The molecule has 2 heteroatoms. The second-order valence-electron chi connectivity index (χ2n) is 2.55. The fourth-order valence-corrected chi connectivity index (χ4v) is 0.868. The molecule has 1 aromatic rings. The molecule has 0 N–H and O–H groups in total. The van der Waals surface area contributed by atoms with Crippen LogP contribution in [0.3, 0.4) is 0 Å². The highest BCUT2D eigenvalue weighted by Gasteiger charge is 1.94. The molecule has 0 saturated heterocycles. The first-order chi connectivity index (χ1) is 6.34. The smallest absolute Gasteiger partial charge is 0.135 e. The molecule has 0 unspecified atom stereocenters. The minimum atomic E-state index is 0.441. The van der Waals surface area contributed by atoms with Crippen LogP contribution in [0.5, 0.6) is 0 Å². The number of rotatable bonds is 4. The van der Waals surface area contributed by atoms with Crippen LogP contribution in [0.1, 0.15) is 12.5 Å². The summed E-state index contributed by atoms with van der Waals surface area (Å²) < 4.78 is 0. The largest absolute Gasteiger partial charge is 0.391 e. The van der Waals surface area contributed by atoms with Crippen molar-refractivity contribution in [3.8, 4) is 0 Å². The van der Waals surface area contributed by atoms with Crippen LogP contribution >= 0.6 is 0 Å². The number of hydrogen-bond acceptors (Lipinski definition) is 2. The van der Waals surface area contributed by atoms with Gasteiger partial charge in [0.2, 0.25) is 0 Å². The molecule has 0 aliphatic carbocycles. The van der Waals surface area contributed by atoms with Crippen LogP contribution in [0.15, 0.2) is 42.1 Å². The lowest BCUT2D eigenvalue weighted by Gasteiger charge is -1.99. The van der Waals surface area contributed by atoms with Gasteiger partial charge in [-0.1, -0.05) is 42.1 Å². The lowest BCUT2D eigenvalue weighted by molar-refractivity contribution is 0.175. The number of hydrogen-bond donors (Lipinski definition) is 0. The van der Waals surface area contributed by atoms with Crippen molar-refractivity contribution in [3.63, 3.8) is 0 Å². The zero-order chi connectivity index (χ0) is 9.52. The van der Waals surface area contributed by atoms with Crippen LogP contribution < -0.4 is 0 Å². The Morgan fingerprint density at radius 2 is 2.31 bits per heavy atom. The van der Waals surface area contributed by atoms with Gasteiger partial charge in [-0.25, -0.2) is 0 Å². The molecule has 0 saturated carbocycles. The van der Waals surface area contributed by atoms with Crippen molar-refractivity contribution >= 4 is 5.71 Å². The van der Waals surface area contributed by atoms with E-state index in [2.05, 4.69) is 17.8 Å². The lowest BCUT2D eigenvalue weighted by Crippen LogP contribution is -1.95. The van der Waals surface area contributed by atoms with Crippen LogP contribution in [0.4, 0.5) is 0 Å². The third-order valence-corrected chi connectivity index (χ3v) is 1.53. The van der Waals surface area contributed by atoms with Crippen molar-refractivity contribution in [1.82, 2.24) is 0 Å². The Balaban J connectivity index is 2.62. The maximum absolute atomic E-state index is 4.96. The molecule has 13 heavy (non-hydrogen) atoms. The molecular formula is C11H12NO. The summed E-state index contributed by atoms with van der Waals surface area (Å²) in [7, 11) is 0. The van der Waals surface area contributed by atoms with Gasteiger partial charge in [0, 0.05) is 0 Å². The predicted molar refractivity (Wildman–Crippen MR) is 53.6 cm³/mol. The summed E-state index contributed by atoms with van der Waals surface area (Å²) in [4.78, 5) is 4.96. The van der Waals surface area contributed by atoms with E-state index in [-0.39, 0.29) is 0 Å². The van der Waals surface area contributed by atoms with Gasteiger partial charge in [-0.2, -0.15) is 0 Å². The molecule has 0 amide bonds. The molecule has 0 spiro atoms. The second kappa shape index (κ2) is 5.14. The average Bonchev–Trinajstić information content (AvgIpc) is 2.19. The lowest BCUT2D eigenvalue weighted by atomic mass is 10.1. The van der Waals surface area contributed by atoms with E-state index < -0.39 is 0 Å². The van der Waals surface area contributed by atoms with Gasteiger partial charge in [0.25, 0.3) is 0 Å². The van der Waals surface area contributed by atoms with Gasteiger partial charge in [-0.15, -0.1) is 0 Å². The molecule has 1 rings (SSSR count). The van der Waals surface area contributed by atoms with Gasteiger partial charge < -0.3 is 4.84 Å². The van der Waals surface area contributed by atoms with Gasteiger partial charge >= 0.3 is 0 Å². The van der Waals surface area contributed by atoms with Crippen molar-refractivity contribution < 1.29 is 4.84 Å². The van der Waals surface area contributed by atoms with Gasteiger partial charge in [0.05, 0.1) is 5.71 Å². The van der Waals surface area contributed by atoms with Crippen LogP contribution in [0.2, 0.25) is 0 Å². The normalized spacial score (nSPS) is 11.0. The topological polar surface area (TPSA) is 21.6 Å². The van der Waals surface area contributed by atoms with Crippen molar-refractivity contribution in [2.45, 2.75) is 6.92 Å². The minimum Gasteiger partial charge on any atom is -0.391 e. The van der Waals surface area contributed by atoms with Crippen LogP contribution in [-0.2, 0) is 4.84 Å². The fourth-order valence-electron chi connectivity index (χ4n) is 0.868. The van der Waals surface area contributed by atoms with E-state index in [1.54, 1.807) is 6.08 Å². The Labute approximate surface area is 78.5 Å². The molecule has 0 fully saturated rings. The third-order valence-electron chi connectivity index (χ3n) is 1.53. The monoisotopic (exact) mass is 174 g/mol. The highest BCUT2D eigenvalue weighted by molar-refractivity contribution is 5.98. The molecular weight excluding hydrogens is 162 g/mol. The molecule has 2 nitrogen and oxygen atoms in total. The summed E-state index contributed by atoms with van der Waals surface area (Å²) in [5.74, 6) is 0. The van der Waals surface area contributed by atoms with Gasteiger partial charge in [-0.05, 0) is 18.6 Å². The summed E-state index contributed by atoms with van der Waals surface area (Å²) >= 11 is 0. The summed E-state index contributed by atoms with van der Waals surface area (Å²) in [6, 6.07) is 10.5. The molecule has 1 radical (unpaired) electrons. The van der Waals surface area contributed by atoms with Crippen LogP contribution in [0, 0.1) is 6.07 Å².